The average molecular weight is 142 g/mol. The number of fused-ring (bicyclic) bond motifs is 1. The van der Waals surface area contributed by atoms with E-state index in [0.717, 1.165) is 23.4 Å². The number of hydrogen-bond acceptors (Lipinski definition) is 2. The molecule has 0 aliphatic carbocycles. The molecule has 2 nitrogen and oxygen atoms in total. The normalized spacial score (nSPS) is 15.3. The van der Waals surface area contributed by atoms with Gasteiger partial charge in [-0.25, -0.2) is 0 Å². The fourth-order valence-corrected chi connectivity index (χ4v) is 1.27. The molecule has 2 heterocycles. The topological polar surface area (TPSA) is 16.1 Å². The van der Waals surface area contributed by atoms with Crippen molar-refractivity contribution in [3.8, 4) is 0 Å². The van der Waals surface area contributed by atoms with Crippen LogP contribution in [0.4, 0.5) is 0 Å². The first kappa shape index (κ1) is 6.46. The number of aromatic nitrogens is 1. The van der Waals surface area contributed by atoms with Crippen molar-refractivity contribution in [2.75, 3.05) is 0 Å². The smallest absolute Gasteiger partial charge is 0.227 e. The number of hydrogen-bond donors (Lipinski definition) is 0. The van der Waals surface area contributed by atoms with Crippen LogP contribution >= 0.6 is 0 Å². The molecule has 0 atom stereocenters. The summed E-state index contributed by atoms with van der Waals surface area (Å²) in [6.07, 6.45) is 3.58. The van der Waals surface area contributed by atoms with Gasteiger partial charge in [-0.3, -0.25) is 4.98 Å². The SMILES string of the molecule is [B]N1Cc2cnccc2C1=C. The van der Waals surface area contributed by atoms with E-state index in [4.69, 9.17) is 7.98 Å². The van der Waals surface area contributed by atoms with Gasteiger partial charge in [-0.15, -0.1) is 0 Å². The van der Waals surface area contributed by atoms with Crippen LogP contribution in [0.2, 0.25) is 0 Å². The second-order valence-electron chi connectivity index (χ2n) is 2.61. The average Bonchev–Trinajstić information content (AvgIpc) is 2.30. The standard InChI is InChI=1S/C8H7BN2/c1-6-8-2-3-10-4-7(8)5-11(6)9/h2-4H,1,5H2. The third kappa shape index (κ3) is 0.844. The Kier molecular flexibility index (Phi) is 1.25. The van der Waals surface area contributed by atoms with Crippen LogP contribution in [0.5, 0.6) is 0 Å². The van der Waals surface area contributed by atoms with Crippen LogP contribution in [-0.4, -0.2) is 17.8 Å². The molecule has 0 amide bonds. The Labute approximate surface area is 67.0 Å². The molecule has 3 heteroatoms. The van der Waals surface area contributed by atoms with Gasteiger partial charge in [0.25, 0.3) is 0 Å². The molecular weight excluding hydrogens is 135 g/mol. The van der Waals surface area contributed by atoms with Gasteiger partial charge in [0.1, 0.15) is 0 Å². The lowest BCUT2D eigenvalue weighted by Gasteiger charge is -2.10. The summed E-state index contributed by atoms with van der Waals surface area (Å²) in [5.74, 6) is 0. The maximum Gasteiger partial charge on any atom is 0.227 e. The number of nitrogens with zero attached hydrogens (tertiary/aromatic N) is 2. The minimum Gasteiger partial charge on any atom is -0.421 e. The summed E-state index contributed by atoms with van der Waals surface area (Å²) in [6.45, 7) is 4.57. The summed E-state index contributed by atoms with van der Waals surface area (Å²) in [5, 5.41) is 0. The van der Waals surface area contributed by atoms with Crippen molar-refractivity contribution in [1.82, 2.24) is 9.79 Å². The van der Waals surface area contributed by atoms with Crippen molar-refractivity contribution in [3.05, 3.63) is 36.2 Å². The molecule has 0 bridgehead atoms. The van der Waals surface area contributed by atoms with Crippen LogP contribution in [-0.2, 0) is 6.54 Å². The fraction of sp³-hybridized carbons (Fsp3) is 0.125. The van der Waals surface area contributed by atoms with Crippen molar-refractivity contribution in [1.29, 1.82) is 0 Å². The molecule has 2 rings (SSSR count). The number of rotatable bonds is 0. The third-order valence-corrected chi connectivity index (χ3v) is 1.90. The summed E-state index contributed by atoms with van der Waals surface area (Å²) in [4.78, 5) is 5.63. The van der Waals surface area contributed by atoms with Gasteiger partial charge in [-0.2, -0.15) is 0 Å². The Morgan fingerprint density at radius 3 is 3.18 bits per heavy atom. The van der Waals surface area contributed by atoms with Gasteiger partial charge in [0.05, 0.1) is 0 Å². The molecule has 52 valence electrons. The molecule has 0 spiro atoms. The first-order chi connectivity index (χ1) is 5.29. The first-order valence-electron chi connectivity index (χ1n) is 3.43. The zero-order valence-electron chi connectivity index (χ0n) is 6.12. The first-order valence-corrected chi connectivity index (χ1v) is 3.43. The van der Waals surface area contributed by atoms with Crippen molar-refractivity contribution in [3.63, 3.8) is 0 Å². The lowest BCUT2D eigenvalue weighted by molar-refractivity contribution is 0.658. The molecule has 1 aliphatic rings. The van der Waals surface area contributed by atoms with Gasteiger partial charge in [-0.05, 0) is 11.6 Å². The van der Waals surface area contributed by atoms with E-state index in [1.54, 1.807) is 11.0 Å². The summed E-state index contributed by atoms with van der Waals surface area (Å²) in [5.41, 5.74) is 3.14. The lowest BCUT2D eigenvalue weighted by Crippen LogP contribution is -2.08. The monoisotopic (exact) mass is 142 g/mol. The van der Waals surface area contributed by atoms with E-state index in [1.807, 2.05) is 12.3 Å². The Hall–Kier alpha value is -1.25. The fourth-order valence-electron chi connectivity index (χ4n) is 1.27. The molecule has 1 aromatic rings. The second kappa shape index (κ2) is 2.12. The van der Waals surface area contributed by atoms with E-state index in [9.17, 15) is 0 Å². The predicted octanol–water partition coefficient (Wildman–Crippen LogP) is 0.951. The number of pyridine rings is 1. The second-order valence-corrected chi connectivity index (χ2v) is 2.61. The van der Waals surface area contributed by atoms with E-state index in [-0.39, 0.29) is 0 Å². The summed E-state index contributed by atoms with van der Waals surface area (Å²) in [6, 6.07) is 1.94. The van der Waals surface area contributed by atoms with E-state index in [2.05, 4.69) is 11.6 Å². The largest absolute Gasteiger partial charge is 0.421 e. The Morgan fingerprint density at radius 1 is 1.64 bits per heavy atom. The zero-order chi connectivity index (χ0) is 7.84. The van der Waals surface area contributed by atoms with Crippen LogP contribution < -0.4 is 0 Å². The lowest BCUT2D eigenvalue weighted by atomic mass is 10.1. The van der Waals surface area contributed by atoms with Gasteiger partial charge in [0.2, 0.25) is 7.98 Å². The highest BCUT2D eigenvalue weighted by Crippen LogP contribution is 2.27. The molecule has 1 aromatic heterocycles. The summed E-state index contributed by atoms with van der Waals surface area (Å²) in [7, 11) is 5.63. The highest BCUT2D eigenvalue weighted by atomic mass is 15.1. The maximum absolute atomic E-state index is 5.63. The van der Waals surface area contributed by atoms with E-state index >= 15 is 0 Å². The van der Waals surface area contributed by atoms with Gasteiger partial charge < -0.3 is 4.81 Å². The maximum atomic E-state index is 5.63. The van der Waals surface area contributed by atoms with Gasteiger partial charge in [-0.1, -0.05) is 6.58 Å². The van der Waals surface area contributed by atoms with Crippen molar-refractivity contribution in [2.45, 2.75) is 6.54 Å². The van der Waals surface area contributed by atoms with Crippen LogP contribution in [0.1, 0.15) is 11.1 Å². The Balaban J connectivity index is 2.55. The molecule has 1 aliphatic heterocycles. The highest BCUT2D eigenvalue weighted by Gasteiger charge is 2.17. The molecule has 0 N–H and O–H groups in total. The molecule has 11 heavy (non-hydrogen) atoms. The minimum atomic E-state index is 0.724. The Bertz CT molecular complexity index is 309. The minimum absolute atomic E-state index is 0.724. The van der Waals surface area contributed by atoms with Gasteiger partial charge >= 0.3 is 0 Å². The zero-order valence-corrected chi connectivity index (χ0v) is 6.12. The van der Waals surface area contributed by atoms with Crippen LogP contribution in [0, 0.1) is 0 Å². The Morgan fingerprint density at radius 2 is 2.45 bits per heavy atom. The van der Waals surface area contributed by atoms with Gasteiger partial charge in [0, 0.05) is 30.2 Å². The summed E-state index contributed by atoms with van der Waals surface area (Å²) < 4.78 is 0. The van der Waals surface area contributed by atoms with E-state index in [0.29, 0.717) is 0 Å². The molecule has 0 fully saturated rings. The highest BCUT2D eigenvalue weighted by molar-refractivity contribution is 6.10. The van der Waals surface area contributed by atoms with Crippen molar-refractivity contribution >= 4 is 13.7 Å². The quantitative estimate of drug-likeness (QED) is 0.501. The van der Waals surface area contributed by atoms with Gasteiger partial charge in [0.15, 0.2) is 0 Å². The summed E-state index contributed by atoms with van der Waals surface area (Å²) >= 11 is 0. The van der Waals surface area contributed by atoms with Crippen LogP contribution in [0.25, 0.3) is 5.70 Å². The molecule has 0 saturated heterocycles. The third-order valence-electron chi connectivity index (χ3n) is 1.90. The molecule has 0 saturated carbocycles. The molecular formula is C8H7BN2. The van der Waals surface area contributed by atoms with Crippen molar-refractivity contribution < 1.29 is 0 Å². The van der Waals surface area contributed by atoms with Crippen molar-refractivity contribution in [2.24, 2.45) is 0 Å². The van der Waals surface area contributed by atoms with Crippen LogP contribution in [0.3, 0.4) is 0 Å². The molecule has 2 radical (unpaired) electrons. The van der Waals surface area contributed by atoms with E-state index in [1.165, 1.54) is 0 Å². The molecule has 0 unspecified atom stereocenters. The molecule has 0 aromatic carbocycles. The van der Waals surface area contributed by atoms with Crippen LogP contribution in [0.15, 0.2) is 25.0 Å². The predicted molar refractivity (Wildman–Crippen MR) is 44.6 cm³/mol. The van der Waals surface area contributed by atoms with E-state index < -0.39 is 0 Å².